The summed E-state index contributed by atoms with van der Waals surface area (Å²) >= 11 is 0. The van der Waals surface area contributed by atoms with Gasteiger partial charge in [0.25, 0.3) is 0 Å². The zero-order valence-electron chi connectivity index (χ0n) is 15.8. The molecule has 1 aliphatic rings. The second-order valence-electron chi connectivity index (χ2n) is 6.81. The normalized spacial score (nSPS) is 16.4. The Balaban J connectivity index is 1.99. The Morgan fingerprint density at radius 2 is 2.24 bits per heavy atom. The van der Waals surface area contributed by atoms with Crippen LogP contribution in [-0.2, 0) is 4.74 Å². The van der Waals surface area contributed by atoms with Crippen LogP contribution in [0.3, 0.4) is 0 Å². The van der Waals surface area contributed by atoms with Gasteiger partial charge >= 0.3 is 5.97 Å². The number of nitrogens with two attached hydrogens (primary N) is 1. The first kappa shape index (κ1) is 19.0. The molecule has 3 aromatic heterocycles. The van der Waals surface area contributed by atoms with Crippen molar-refractivity contribution in [1.82, 2.24) is 14.5 Å². The van der Waals surface area contributed by atoms with Gasteiger partial charge in [0, 0.05) is 31.5 Å². The van der Waals surface area contributed by atoms with Crippen molar-refractivity contribution in [2.45, 2.75) is 19.4 Å². The summed E-state index contributed by atoms with van der Waals surface area (Å²) in [5.74, 6) is -0.860. The number of nitrogens with zero attached hydrogens (tertiary/aromatic N) is 4. The lowest BCUT2D eigenvalue weighted by molar-refractivity contribution is 0.0524. The third-order valence-electron chi connectivity index (χ3n) is 4.83. The topological polar surface area (TPSA) is 103 Å². The summed E-state index contributed by atoms with van der Waals surface area (Å²) in [6.07, 6.45) is 3.65. The second kappa shape index (κ2) is 7.59. The van der Waals surface area contributed by atoms with E-state index < -0.39 is 17.2 Å². The highest BCUT2D eigenvalue weighted by Gasteiger charge is 2.26. The maximum Gasteiger partial charge on any atom is 0.343 e. The molecule has 1 aliphatic heterocycles. The van der Waals surface area contributed by atoms with E-state index >= 15 is 0 Å². The summed E-state index contributed by atoms with van der Waals surface area (Å²) < 4.78 is 21.4. The Kier molecular flexibility index (Phi) is 4.98. The molecule has 1 fully saturated rings. The van der Waals surface area contributed by atoms with Crippen LogP contribution in [0.5, 0.6) is 0 Å². The SMILES string of the molecule is CCOC(=O)c1cn(-c2ccccn2)c2nc(N3CCC(N)C3)c(F)cc2c1=O. The number of pyridine rings is 3. The predicted molar refractivity (Wildman–Crippen MR) is 106 cm³/mol. The van der Waals surface area contributed by atoms with E-state index in [0.717, 1.165) is 12.5 Å². The quantitative estimate of drug-likeness (QED) is 0.668. The number of ether oxygens (including phenoxy) is 1. The van der Waals surface area contributed by atoms with Crippen molar-refractivity contribution in [3.8, 4) is 5.82 Å². The van der Waals surface area contributed by atoms with Crippen LogP contribution in [0.4, 0.5) is 10.2 Å². The molecule has 0 aliphatic carbocycles. The number of hydrogen-bond acceptors (Lipinski definition) is 7. The molecule has 0 bridgehead atoms. The van der Waals surface area contributed by atoms with E-state index in [9.17, 15) is 14.0 Å². The Hall–Kier alpha value is -3.33. The van der Waals surface area contributed by atoms with Crippen molar-refractivity contribution in [3.05, 3.63) is 58.3 Å². The number of hydrogen-bond donors (Lipinski definition) is 1. The first-order valence-corrected chi connectivity index (χ1v) is 9.34. The van der Waals surface area contributed by atoms with Crippen LogP contribution >= 0.6 is 0 Å². The van der Waals surface area contributed by atoms with E-state index in [2.05, 4.69) is 9.97 Å². The Morgan fingerprint density at radius 1 is 1.41 bits per heavy atom. The Bertz CT molecular complexity index is 1130. The van der Waals surface area contributed by atoms with Crippen molar-refractivity contribution in [2.24, 2.45) is 5.73 Å². The summed E-state index contributed by atoms with van der Waals surface area (Å²) in [4.78, 5) is 35.7. The summed E-state index contributed by atoms with van der Waals surface area (Å²) in [5.41, 5.74) is 5.31. The van der Waals surface area contributed by atoms with Crippen LogP contribution in [0.1, 0.15) is 23.7 Å². The monoisotopic (exact) mass is 397 g/mol. The second-order valence-corrected chi connectivity index (χ2v) is 6.81. The average Bonchev–Trinajstić information content (AvgIpc) is 3.15. The lowest BCUT2D eigenvalue weighted by atomic mass is 10.2. The molecule has 0 radical (unpaired) electrons. The number of aromatic nitrogens is 3. The Morgan fingerprint density at radius 3 is 2.90 bits per heavy atom. The van der Waals surface area contributed by atoms with Gasteiger partial charge in [0.2, 0.25) is 5.43 Å². The van der Waals surface area contributed by atoms with E-state index in [0.29, 0.717) is 18.9 Å². The van der Waals surface area contributed by atoms with Gasteiger partial charge in [-0.3, -0.25) is 9.36 Å². The van der Waals surface area contributed by atoms with E-state index in [-0.39, 0.29) is 35.1 Å². The highest BCUT2D eigenvalue weighted by Crippen LogP contribution is 2.25. The highest BCUT2D eigenvalue weighted by atomic mass is 19.1. The number of rotatable bonds is 4. The van der Waals surface area contributed by atoms with Crippen LogP contribution < -0.4 is 16.1 Å². The van der Waals surface area contributed by atoms with Crippen molar-refractivity contribution in [2.75, 3.05) is 24.6 Å². The fourth-order valence-electron chi connectivity index (χ4n) is 3.44. The largest absolute Gasteiger partial charge is 0.462 e. The lowest BCUT2D eigenvalue weighted by Gasteiger charge is -2.19. The number of fused-ring (bicyclic) bond motifs is 1. The van der Waals surface area contributed by atoms with Gasteiger partial charge in [0.05, 0.1) is 12.0 Å². The molecule has 1 unspecified atom stereocenters. The van der Waals surface area contributed by atoms with Gasteiger partial charge in [-0.15, -0.1) is 0 Å². The molecule has 0 amide bonds. The van der Waals surface area contributed by atoms with E-state index in [1.165, 1.54) is 10.8 Å². The lowest BCUT2D eigenvalue weighted by Crippen LogP contribution is -2.28. The van der Waals surface area contributed by atoms with Crippen LogP contribution in [0.15, 0.2) is 41.5 Å². The molecule has 4 rings (SSSR count). The van der Waals surface area contributed by atoms with Gasteiger partial charge in [0.1, 0.15) is 11.4 Å². The molecule has 8 nitrogen and oxygen atoms in total. The minimum Gasteiger partial charge on any atom is -0.462 e. The van der Waals surface area contributed by atoms with Crippen LogP contribution in [-0.4, -0.2) is 46.2 Å². The van der Waals surface area contributed by atoms with Crippen molar-refractivity contribution < 1.29 is 13.9 Å². The average molecular weight is 397 g/mol. The van der Waals surface area contributed by atoms with Gasteiger partial charge in [-0.05, 0) is 31.5 Å². The number of halogens is 1. The molecule has 29 heavy (non-hydrogen) atoms. The van der Waals surface area contributed by atoms with Gasteiger partial charge in [-0.2, -0.15) is 0 Å². The molecule has 9 heteroatoms. The van der Waals surface area contributed by atoms with Gasteiger partial charge in [0.15, 0.2) is 17.3 Å². The molecule has 150 valence electrons. The molecule has 0 saturated carbocycles. The zero-order chi connectivity index (χ0) is 20.5. The fraction of sp³-hybridized carbons (Fsp3) is 0.300. The molecule has 0 aromatic carbocycles. The van der Waals surface area contributed by atoms with E-state index in [4.69, 9.17) is 10.5 Å². The fourth-order valence-corrected chi connectivity index (χ4v) is 3.44. The van der Waals surface area contributed by atoms with Crippen LogP contribution in [0.25, 0.3) is 16.9 Å². The molecule has 2 N–H and O–H groups in total. The number of carbonyl (C=O) groups is 1. The number of esters is 1. The van der Waals surface area contributed by atoms with Crippen molar-refractivity contribution in [1.29, 1.82) is 0 Å². The molecule has 0 spiro atoms. The number of carbonyl (C=O) groups excluding carboxylic acids is 1. The first-order chi connectivity index (χ1) is 14.0. The minimum atomic E-state index is -0.779. The van der Waals surface area contributed by atoms with Crippen molar-refractivity contribution in [3.63, 3.8) is 0 Å². The zero-order valence-corrected chi connectivity index (χ0v) is 15.8. The summed E-state index contributed by atoms with van der Waals surface area (Å²) in [6.45, 7) is 2.81. The van der Waals surface area contributed by atoms with Gasteiger partial charge in [-0.25, -0.2) is 19.2 Å². The van der Waals surface area contributed by atoms with E-state index in [1.807, 2.05) is 0 Å². The highest BCUT2D eigenvalue weighted by molar-refractivity contribution is 5.93. The van der Waals surface area contributed by atoms with Gasteiger partial charge in [-0.1, -0.05) is 6.07 Å². The molecule has 1 saturated heterocycles. The van der Waals surface area contributed by atoms with Crippen molar-refractivity contribution >= 4 is 22.8 Å². The first-order valence-electron chi connectivity index (χ1n) is 9.34. The van der Waals surface area contributed by atoms with Gasteiger partial charge < -0.3 is 15.4 Å². The summed E-state index contributed by atoms with van der Waals surface area (Å²) in [7, 11) is 0. The van der Waals surface area contributed by atoms with Crippen LogP contribution in [0, 0.1) is 5.82 Å². The Labute approximate surface area is 165 Å². The molecular weight excluding hydrogens is 377 g/mol. The maximum atomic E-state index is 14.9. The third kappa shape index (κ3) is 3.44. The molecular formula is C20H20FN5O3. The standard InChI is InChI=1S/C20H20FN5O3/c1-2-29-20(28)14-11-26(16-5-3-4-7-23-16)18-13(17(14)27)9-15(21)19(24-18)25-8-6-12(22)10-25/h3-5,7,9,11-12H,2,6,8,10,22H2,1H3. The molecule has 1 atom stereocenters. The maximum absolute atomic E-state index is 14.9. The summed E-state index contributed by atoms with van der Waals surface area (Å²) in [5, 5.41) is -0.0223. The minimum absolute atomic E-state index is 0.0223. The third-order valence-corrected chi connectivity index (χ3v) is 4.83. The molecule has 4 heterocycles. The number of anilines is 1. The summed E-state index contributed by atoms with van der Waals surface area (Å²) in [6, 6.07) is 6.27. The van der Waals surface area contributed by atoms with E-state index in [1.54, 1.807) is 36.2 Å². The van der Waals surface area contributed by atoms with Crippen LogP contribution in [0.2, 0.25) is 0 Å². The molecule has 3 aromatic rings. The predicted octanol–water partition coefficient (Wildman–Crippen LogP) is 1.63. The smallest absolute Gasteiger partial charge is 0.343 e.